The van der Waals surface area contributed by atoms with Crippen LogP contribution in [0.25, 0.3) is 0 Å². The van der Waals surface area contributed by atoms with Crippen LogP contribution in [0.2, 0.25) is 0 Å². The molecule has 2 rings (SSSR count). The molecule has 1 aromatic carbocycles. The van der Waals surface area contributed by atoms with Crippen molar-refractivity contribution in [3.8, 4) is 6.07 Å². The molecule has 5 nitrogen and oxygen atoms in total. The van der Waals surface area contributed by atoms with E-state index < -0.39 is 10.0 Å². The van der Waals surface area contributed by atoms with Crippen molar-refractivity contribution in [2.75, 3.05) is 19.6 Å². The lowest BCUT2D eigenvalue weighted by atomic mass is 10.2. The smallest absolute Gasteiger partial charge is 0.243 e. The molecule has 0 aromatic heterocycles. The van der Waals surface area contributed by atoms with E-state index in [0.717, 1.165) is 19.4 Å². The quantitative estimate of drug-likeness (QED) is 0.897. The van der Waals surface area contributed by atoms with E-state index in [9.17, 15) is 8.42 Å². The molecule has 1 aromatic rings. The molecule has 0 saturated carbocycles. The third-order valence-electron chi connectivity index (χ3n) is 3.87. The van der Waals surface area contributed by atoms with E-state index in [1.165, 1.54) is 10.4 Å². The number of sulfonamides is 1. The number of nitriles is 1. The van der Waals surface area contributed by atoms with Crippen molar-refractivity contribution in [1.29, 1.82) is 5.26 Å². The monoisotopic (exact) mass is 307 g/mol. The first-order valence-corrected chi connectivity index (χ1v) is 8.67. The second-order valence-corrected chi connectivity index (χ2v) is 7.25. The Morgan fingerprint density at radius 2 is 2.24 bits per heavy atom. The molecule has 114 valence electrons. The van der Waals surface area contributed by atoms with E-state index >= 15 is 0 Å². The molecule has 1 atom stereocenters. The fraction of sp³-hybridized carbons (Fsp3) is 0.533. The van der Waals surface area contributed by atoms with Gasteiger partial charge in [-0.05, 0) is 44.0 Å². The maximum absolute atomic E-state index is 12.8. The largest absolute Gasteiger partial charge is 0.313 e. The van der Waals surface area contributed by atoms with Gasteiger partial charge in [-0.1, -0.05) is 13.0 Å². The van der Waals surface area contributed by atoms with Gasteiger partial charge in [-0.3, -0.25) is 0 Å². The minimum absolute atomic E-state index is 0.221. The molecule has 21 heavy (non-hydrogen) atoms. The molecular formula is C15H21N3O2S. The summed E-state index contributed by atoms with van der Waals surface area (Å²) in [7, 11) is -3.56. The van der Waals surface area contributed by atoms with Crippen molar-refractivity contribution in [2.45, 2.75) is 37.6 Å². The zero-order valence-electron chi connectivity index (χ0n) is 12.5. The summed E-state index contributed by atoms with van der Waals surface area (Å²) in [5.41, 5.74) is 1.04. The molecule has 1 N–H and O–H groups in total. The van der Waals surface area contributed by atoms with Gasteiger partial charge in [0, 0.05) is 19.1 Å². The standard InChI is InChI=1S/C15H21N3O2S/c1-3-18(11-14-5-4-8-17-14)21(19,20)15-9-13(10-16)7-6-12(15)2/h6-7,9,14,17H,3-5,8,11H2,1-2H3. The molecule has 1 heterocycles. The normalized spacial score (nSPS) is 18.9. The van der Waals surface area contributed by atoms with Gasteiger partial charge in [0.1, 0.15) is 0 Å². The van der Waals surface area contributed by atoms with Crippen LogP contribution < -0.4 is 5.32 Å². The van der Waals surface area contributed by atoms with Crippen molar-refractivity contribution in [2.24, 2.45) is 0 Å². The van der Waals surface area contributed by atoms with Crippen molar-refractivity contribution in [1.82, 2.24) is 9.62 Å². The highest BCUT2D eigenvalue weighted by atomic mass is 32.2. The number of aryl methyl sites for hydroxylation is 1. The Bertz CT molecular complexity index is 643. The predicted octanol–water partition coefficient (Wildman–Crippen LogP) is 1.63. The highest BCUT2D eigenvalue weighted by molar-refractivity contribution is 7.89. The number of rotatable bonds is 5. The van der Waals surface area contributed by atoms with E-state index in [4.69, 9.17) is 5.26 Å². The summed E-state index contributed by atoms with van der Waals surface area (Å²) in [6.45, 7) is 5.46. The maximum Gasteiger partial charge on any atom is 0.243 e. The molecule has 1 aliphatic heterocycles. The lowest BCUT2D eigenvalue weighted by Crippen LogP contribution is -2.41. The zero-order valence-corrected chi connectivity index (χ0v) is 13.3. The van der Waals surface area contributed by atoms with Crippen LogP contribution in [0, 0.1) is 18.3 Å². The van der Waals surface area contributed by atoms with Gasteiger partial charge in [0.15, 0.2) is 0 Å². The minimum Gasteiger partial charge on any atom is -0.313 e. The van der Waals surface area contributed by atoms with E-state index in [1.54, 1.807) is 19.1 Å². The van der Waals surface area contributed by atoms with Crippen molar-refractivity contribution in [3.63, 3.8) is 0 Å². The molecule has 0 aliphatic carbocycles. The Kier molecular flexibility index (Phi) is 4.99. The summed E-state index contributed by atoms with van der Waals surface area (Å²) >= 11 is 0. The second-order valence-electron chi connectivity index (χ2n) is 5.34. The van der Waals surface area contributed by atoms with Gasteiger partial charge in [-0.2, -0.15) is 9.57 Å². The fourth-order valence-corrected chi connectivity index (χ4v) is 4.39. The average molecular weight is 307 g/mol. The van der Waals surface area contributed by atoms with E-state index in [2.05, 4.69) is 5.32 Å². The number of likely N-dealkylation sites (N-methyl/N-ethyl adjacent to an activating group) is 1. The first kappa shape index (κ1) is 16.0. The van der Waals surface area contributed by atoms with Gasteiger partial charge in [0.25, 0.3) is 0 Å². The Labute approximate surface area is 126 Å². The third-order valence-corrected chi connectivity index (χ3v) is 5.96. The number of hydrogen-bond donors (Lipinski definition) is 1. The fourth-order valence-electron chi connectivity index (χ4n) is 2.64. The first-order valence-electron chi connectivity index (χ1n) is 7.23. The molecule has 0 spiro atoms. The lowest BCUT2D eigenvalue weighted by Gasteiger charge is -2.24. The lowest BCUT2D eigenvalue weighted by molar-refractivity contribution is 0.382. The molecule has 1 aliphatic rings. The summed E-state index contributed by atoms with van der Waals surface area (Å²) < 4.78 is 27.2. The molecular weight excluding hydrogens is 286 g/mol. The highest BCUT2D eigenvalue weighted by Gasteiger charge is 2.28. The van der Waals surface area contributed by atoms with Crippen LogP contribution >= 0.6 is 0 Å². The summed E-state index contributed by atoms with van der Waals surface area (Å²) in [5.74, 6) is 0. The number of nitrogens with one attached hydrogen (secondary N) is 1. The van der Waals surface area contributed by atoms with Gasteiger partial charge >= 0.3 is 0 Å². The topological polar surface area (TPSA) is 73.2 Å². The second kappa shape index (κ2) is 6.56. The molecule has 6 heteroatoms. The molecule has 1 saturated heterocycles. The number of benzene rings is 1. The molecule has 0 radical (unpaired) electrons. The van der Waals surface area contributed by atoms with E-state index in [0.29, 0.717) is 24.2 Å². The van der Waals surface area contributed by atoms with Crippen molar-refractivity contribution in [3.05, 3.63) is 29.3 Å². The summed E-state index contributed by atoms with van der Waals surface area (Å²) in [4.78, 5) is 0.237. The van der Waals surface area contributed by atoms with Crippen LogP contribution in [0.5, 0.6) is 0 Å². The molecule has 0 amide bonds. The molecule has 0 bridgehead atoms. The summed E-state index contributed by atoms with van der Waals surface area (Å²) in [6, 6.07) is 7.02. The van der Waals surface area contributed by atoms with Gasteiger partial charge < -0.3 is 5.32 Å². The minimum atomic E-state index is -3.56. The Morgan fingerprint density at radius 1 is 1.48 bits per heavy atom. The Hall–Kier alpha value is -1.42. The maximum atomic E-state index is 12.8. The Morgan fingerprint density at radius 3 is 2.81 bits per heavy atom. The van der Waals surface area contributed by atoms with Crippen LogP contribution in [0.15, 0.2) is 23.1 Å². The SMILES string of the molecule is CCN(CC1CCCN1)S(=O)(=O)c1cc(C#N)ccc1C. The van der Waals surface area contributed by atoms with Crippen LogP contribution in [-0.4, -0.2) is 38.4 Å². The summed E-state index contributed by atoms with van der Waals surface area (Å²) in [6.07, 6.45) is 2.09. The Balaban J connectivity index is 2.32. The predicted molar refractivity (Wildman–Crippen MR) is 81.4 cm³/mol. The number of nitrogens with zero attached hydrogens (tertiary/aromatic N) is 2. The number of hydrogen-bond acceptors (Lipinski definition) is 4. The van der Waals surface area contributed by atoms with Crippen LogP contribution in [0.3, 0.4) is 0 Å². The summed E-state index contributed by atoms with van der Waals surface area (Å²) in [5, 5.41) is 12.3. The highest BCUT2D eigenvalue weighted by Crippen LogP contribution is 2.22. The van der Waals surface area contributed by atoms with Crippen molar-refractivity contribution < 1.29 is 8.42 Å². The van der Waals surface area contributed by atoms with Gasteiger partial charge in [0.05, 0.1) is 16.5 Å². The molecule has 1 unspecified atom stereocenters. The van der Waals surface area contributed by atoms with Gasteiger partial charge in [0.2, 0.25) is 10.0 Å². The average Bonchev–Trinajstić information content (AvgIpc) is 2.98. The van der Waals surface area contributed by atoms with Gasteiger partial charge in [-0.25, -0.2) is 8.42 Å². The van der Waals surface area contributed by atoms with Gasteiger partial charge in [-0.15, -0.1) is 0 Å². The van der Waals surface area contributed by atoms with E-state index in [1.807, 2.05) is 13.0 Å². The first-order chi connectivity index (χ1) is 9.98. The van der Waals surface area contributed by atoms with E-state index in [-0.39, 0.29) is 10.9 Å². The zero-order chi connectivity index (χ0) is 15.5. The third kappa shape index (κ3) is 3.43. The van der Waals surface area contributed by atoms with Crippen molar-refractivity contribution >= 4 is 10.0 Å². The van der Waals surface area contributed by atoms with Crippen LogP contribution in [-0.2, 0) is 10.0 Å². The molecule has 1 fully saturated rings. The van der Waals surface area contributed by atoms with Crippen LogP contribution in [0.4, 0.5) is 0 Å². The van der Waals surface area contributed by atoms with Crippen LogP contribution in [0.1, 0.15) is 30.9 Å².